The van der Waals surface area contributed by atoms with Gasteiger partial charge in [-0.1, -0.05) is 55.5 Å². The largest absolute Gasteiger partial charge is 0.360 e. The summed E-state index contributed by atoms with van der Waals surface area (Å²) in [6.45, 7) is 3.26. The average molecular weight is 380 g/mol. The Bertz CT molecular complexity index is 762. The van der Waals surface area contributed by atoms with E-state index in [4.69, 9.17) is 12.2 Å². The predicted molar refractivity (Wildman–Crippen MR) is 117 cm³/mol. The first-order valence-electron chi connectivity index (χ1n) is 10.2. The van der Waals surface area contributed by atoms with E-state index in [2.05, 4.69) is 77.1 Å². The van der Waals surface area contributed by atoms with Gasteiger partial charge in [-0.3, -0.25) is 4.90 Å². The number of anilines is 1. The number of rotatable bonds is 5. The number of hydrogen-bond acceptors (Lipinski definition) is 2. The zero-order valence-corrected chi connectivity index (χ0v) is 16.8. The molecule has 0 radical (unpaired) electrons. The van der Waals surface area contributed by atoms with Gasteiger partial charge in [-0.25, -0.2) is 0 Å². The molecule has 0 spiro atoms. The molecule has 27 heavy (non-hydrogen) atoms. The molecule has 2 aromatic carbocycles. The number of para-hydroxylation sites is 1. The van der Waals surface area contributed by atoms with Crippen molar-refractivity contribution in [3.63, 3.8) is 0 Å². The molecule has 4 rings (SSSR count). The van der Waals surface area contributed by atoms with Crippen LogP contribution < -0.4 is 10.6 Å². The van der Waals surface area contributed by atoms with Crippen LogP contribution in [-0.4, -0.2) is 28.1 Å². The van der Waals surface area contributed by atoms with Gasteiger partial charge >= 0.3 is 0 Å². The normalized spacial score (nSPS) is 24.6. The summed E-state index contributed by atoms with van der Waals surface area (Å²) in [4.78, 5) is 2.72. The van der Waals surface area contributed by atoms with Gasteiger partial charge in [0.2, 0.25) is 0 Å². The van der Waals surface area contributed by atoms with Crippen LogP contribution in [0, 0.1) is 0 Å². The van der Waals surface area contributed by atoms with Gasteiger partial charge < -0.3 is 10.6 Å². The lowest BCUT2D eigenvalue weighted by atomic mass is 9.96. The Morgan fingerprint density at radius 2 is 1.67 bits per heavy atom. The standard InChI is InChI=1S/C23H29N3S/c1-2-18-10-6-7-11-22(18)25-23(27)24-19-14-20-12-13-21(15-19)26(20)16-17-8-4-3-5-9-17/h3-11,19-21H,2,12-16H2,1H3,(H2,24,25,27)/t20-,21-/m0/s1. The number of thiocarbonyl (C=S) groups is 1. The van der Waals surface area contributed by atoms with Gasteiger partial charge in [-0.05, 0) is 61.5 Å². The fourth-order valence-electron chi connectivity index (χ4n) is 4.74. The van der Waals surface area contributed by atoms with Crippen molar-refractivity contribution >= 4 is 23.0 Å². The molecular weight excluding hydrogens is 350 g/mol. The summed E-state index contributed by atoms with van der Waals surface area (Å²) in [5, 5.41) is 7.78. The van der Waals surface area contributed by atoms with E-state index in [1.807, 2.05) is 0 Å². The second-order valence-corrected chi connectivity index (χ2v) is 8.23. The molecule has 2 saturated heterocycles. The minimum absolute atomic E-state index is 0.475. The van der Waals surface area contributed by atoms with E-state index in [-0.39, 0.29) is 0 Å². The molecule has 0 aromatic heterocycles. The van der Waals surface area contributed by atoms with E-state index in [1.54, 1.807) is 0 Å². The SMILES string of the molecule is CCc1ccccc1NC(=S)NC1C[C@@H]2CC[C@@H](C1)N2Cc1ccccc1. The second-order valence-electron chi connectivity index (χ2n) is 7.82. The number of aryl methyl sites for hydroxylation is 1. The highest BCUT2D eigenvalue weighted by atomic mass is 32.1. The number of nitrogens with zero attached hydrogens (tertiary/aromatic N) is 1. The Balaban J connectivity index is 1.34. The van der Waals surface area contributed by atoms with Crippen LogP contribution in [0.15, 0.2) is 54.6 Å². The molecule has 0 amide bonds. The quantitative estimate of drug-likeness (QED) is 0.735. The molecule has 2 fully saturated rings. The van der Waals surface area contributed by atoms with Crippen LogP contribution in [0.1, 0.15) is 43.7 Å². The number of nitrogens with one attached hydrogen (secondary N) is 2. The lowest BCUT2D eigenvalue weighted by Gasteiger charge is -2.39. The third-order valence-electron chi connectivity index (χ3n) is 6.07. The minimum Gasteiger partial charge on any atom is -0.360 e. The topological polar surface area (TPSA) is 27.3 Å². The highest BCUT2D eigenvalue weighted by Crippen LogP contribution is 2.36. The Morgan fingerprint density at radius 1 is 1.00 bits per heavy atom. The van der Waals surface area contributed by atoms with Crippen molar-refractivity contribution < 1.29 is 0 Å². The van der Waals surface area contributed by atoms with Gasteiger partial charge in [0, 0.05) is 30.4 Å². The number of hydrogen-bond donors (Lipinski definition) is 2. The maximum Gasteiger partial charge on any atom is 0.171 e. The lowest BCUT2D eigenvalue weighted by molar-refractivity contribution is 0.115. The Hall–Kier alpha value is -1.91. The molecule has 0 saturated carbocycles. The molecule has 2 heterocycles. The zero-order valence-electron chi connectivity index (χ0n) is 16.0. The van der Waals surface area contributed by atoms with Crippen molar-refractivity contribution in [3.8, 4) is 0 Å². The van der Waals surface area contributed by atoms with Crippen LogP contribution >= 0.6 is 12.2 Å². The van der Waals surface area contributed by atoms with Crippen molar-refractivity contribution in [1.29, 1.82) is 0 Å². The van der Waals surface area contributed by atoms with E-state index in [9.17, 15) is 0 Å². The van der Waals surface area contributed by atoms with E-state index in [0.717, 1.165) is 23.8 Å². The molecule has 2 bridgehead atoms. The molecule has 2 atom stereocenters. The summed E-state index contributed by atoms with van der Waals surface area (Å²) in [7, 11) is 0. The molecule has 2 aromatic rings. The number of benzene rings is 2. The molecule has 0 unspecified atom stereocenters. The summed E-state index contributed by atoms with van der Waals surface area (Å²) in [6, 6.07) is 21.1. The maximum atomic E-state index is 5.62. The van der Waals surface area contributed by atoms with Gasteiger partial charge in [-0.15, -0.1) is 0 Å². The Kier molecular flexibility index (Phi) is 5.74. The molecule has 0 aliphatic carbocycles. The van der Waals surface area contributed by atoms with Crippen molar-refractivity contribution in [1.82, 2.24) is 10.2 Å². The maximum absolute atomic E-state index is 5.62. The summed E-state index contributed by atoms with van der Waals surface area (Å²) in [5.41, 5.74) is 3.86. The zero-order chi connectivity index (χ0) is 18.6. The van der Waals surface area contributed by atoms with Gasteiger partial charge in [0.1, 0.15) is 0 Å². The smallest absolute Gasteiger partial charge is 0.171 e. The predicted octanol–water partition coefficient (Wildman–Crippen LogP) is 4.73. The summed E-state index contributed by atoms with van der Waals surface area (Å²) >= 11 is 5.62. The third kappa shape index (κ3) is 4.33. The monoisotopic (exact) mass is 379 g/mol. The Morgan fingerprint density at radius 3 is 2.37 bits per heavy atom. The van der Waals surface area contributed by atoms with Crippen LogP contribution in [0.5, 0.6) is 0 Å². The van der Waals surface area contributed by atoms with E-state index < -0.39 is 0 Å². The van der Waals surface area contributed by atoms with Gasteiger partial charge in [0.25, 0.3) is 0 Å². The van der Waals surface area contributed by atoms with Gasteiger partial charge in [-0.2, -0.15) is 0 Å². The highest BCUT2D eigenvalue weighted by Gasteiger charge is 2.40. The lowest BCUT2D eigenvalue weighted by Crippen LogP contribution is -2.50. The van der Waals surface area contributed by atoms with E-state index in [1.165, 1.54) is 36.8 Å². The first kappa shape index (κ1) is 18.5. The fourth-order valence-corrected chi connectivity index (χ4v) is 5.02. The van der Waals surface area contributed by atoms with Crippen molar-refractivity contribution in [2.24, 2.45) is 0 Å². The average Bonchev–Trinajstić information content (AvgIpc) is 2.91. The Labute approximate surface area is 168 Å². The molecule has 142 valence electrons. The highest BCUT2D eigenvalue weighted by molar-refractivity contribution is 7.80. The molecule has 3 nitrogen and oxygen atoms in total. The van der Waals surface area contributed by atoms with Crippen LogP contribution in [0.3, 0.4) is 0 Å². The first-order chi connectivity index (χ1) is 13.2. The summed E-state index contributed by atoms with van der Waals surface area (Å²) in [6.07, 6.45) is 6.00. The van der Waals surface area contributed by atoms with E-state index >= 15 is 0 Å². The summed E-state index contributed by atoms with van der Waals surface area (Å²) < 4.78 is 0. The number of piperidine rings is 1. The van der Waals surface area contributed by atoms with Crippen molar-refractivity contribution in [3.05, 3.63) is 65.7 Å². The molecule has 2 aliphatic heterocycles. The number of fused-ring (bicyclic) bond motifs is 2. The van der Waals surface area contributed by atoms with Gasteiger partial charge in [0.05, 0.1) is 0 Å². The molecule has 2 aliphatic rings. The molecule has 2 N–H and O–H groups in total. The van der Waals surface area contributed by atoms with Crippen LogP contribution in [-0.2, 0) is 13.0 Å². The van der Waals surface area contributed by atoms with Crippen LogP contribution in [0.25, 0.3) is 0 Å². The van der Waals surface area contributed by atoms with Crippen LogP contribution in [0.2, 0.25) is 0 Å². The fraction of sp³-hybridized carbons (Fsp3) is 0.435. The molecular formula is C23H29N3S. The third-order valence-corrected chi connectivity index (χ3v) is 6.29. The summed E-state index contributed by atoms with van der Waals surface area (Å²) in [5.74, 6) is 0. The van der Waals surface area contributed by atoms with E-state index in [0.29, 0.717) is 18.1 Å². The van der Waals surface area contributed by atoms with Crippen molar-refractivity contribution in [2.45, 2.75) is 63.7 Å². The molecule has 4 heteroatoms. The van der Waals surface area contributed by atoms with Crippen molar-refractivity contribution in [2.75, 3.05) is 5.32 Å². The minimum atomic E-state index is 0.475. The van der Waals surface area contributed by atoms with Crippen LogP contribution in [0.4, 0.5) is 5.69 Å². The first-order valence-corrected chi connectivity index (χ1v) is 10.6. The van der Waals surface area contributed by atoms with Gasteiger partial charge in [0.15, 0.2) is 5.11 Å². The second kappa shape index (κ2) is 8.41.